The number of ether oxygens (including phenoxy) is 1. The molecule has 1 amide bonds. The Labute approximate surface area is 156 Å². The summed E-state index contributed by atoms with van der Waals surface area (Å²) >= 11 is 0. The Kier molecular flexibility index (Phi) is 6.39. The number of amides is 1. The first-order chi connectivity index (χ1) is 13.0. The maximum Gasteiger partial charge on any atom is 0.275 e. The zero-order valence-corrected chi connectivity index (χ0v) is 15.3. The van der Waals surface area contributed by atoms with Crippen LogP contribution in [0.3, 0.4) is 0 Å². The molecule has 0 unspecified atom stereocenters. The van der Waals surface area contributed by atoms with E-state index in [-0.39, 0.29) is 24.0 Å². The van der Waals surface area contributed by atoms with Crippen LogP contribution in [-0.2, 0) is 6.61 Å². The van der Waals surface area contributed by atoms with Crippen molar-refractivity contribution in [3.63, 3.8) is 0 Å². The molecule has 0 spiro atoms. The zero-order valence-electron chi connectivity index (χ0n) is 15.3. The minimum atomic E-state index is -0.990. The standard InChI is InChI=1S/C19H23F2N3O3/c1-23(9-10-24-7-3-2-4-8-24)19(25)18-12-15(27-22-18)13-26-14-5-6-16(20)17(21)11-14/h5-6,11-12H,2-4,7-10,13H2,1H3. The fourth-order valence-electron chi connectivity index (χ4n) is 2.97. The lowest BCUT2D eigenvalue weighted by atomic mass is 10.1. The molecule has 1 aliphatic heterocycles. The lowest BCUT2D eigenvalue weighted by Crippen LogP contribution is -2.38. The van der Waals surface area contributed by atoms with Gasteiger partial charge in [-0.15, -0.1) is 0 Å². The second-order valence-electron chi connectivity index (χ2n) is 6.67. The number of likely N-dealkylation sites (tertiary alicyclic amines) is 1. The molecular weight excluding hydrogens is 356 g/mol. The number of nitrogens with zero attached hydrogens (tertiary/aromatic N) is 3. The molecule has 0 atom stereocenters. The van der Waals surface area contributed by atoms with Crippen molar-refractivity contribution in [2.75, 3.05) is 33.2 Å². The summed E-state index contributed by atoms with van der Waals surface area (Å²) in [7, 11) is 1.73. The maximum absolute atomic E-state index is 13.2. The summed E-state index contributed by atoms with van der Waals surface area (Å²) in [6.07, 6.45) is 3.70. The van der Waals surface area contributed by atoms with E-state index in [1.165, 1.54) is 31.4 Å². The second kappa shape index (κ2) is 8.94. The Balaban J connectivity index is 1.49. The Morgan fingerprint density at radius 2 is 2.00 bits per heavy atom. The van der Waals surface area contributed by atoms with Gasteiger partial charge in [0.2, 0.25) is 0 Å². The topological polar surface area (TPSA) is 58.8 Å². The van der Waals surface area contributed by atoms with Crippen LogP contribution < -0.4 is 4.74 Å². The third kappa shape index (κ3) is 5.26. The molecule has 0 radical (unpaired) electrons. The van der Waals surface area contributed by atoms with Crippen molar-refractivity contribution in [1.29, 1.82) is 0 Å². The molecule has 2 heterocycles. The molecule has 1 aromatic heterocycles. The Morgan fingerprint density at radius 3 is 2.74 bits per heavy atom. The molecular formula is C19H23F2N3O3. The van der Waals surface area contributed by atoms with Gasteiger partial charge in [-0.3, -0.25) is 4.79 Å². The van der Waals surface area contributed by atoms with Gasteiger partial charge in [-0.2, -0.15) is 0 Å². The van der Waals surface area contributed by atoms with Gasteiger partial charge in [0.05, 0.1) is 0 Å². The maximum atomic E-state index is 13.2. The average Bonchev–Trinajstić information content (AvgIpc) is 3.16. The normalized spacial score (nSPS) is 14.9. The number of piperidine rings is 1. The van der Waals surface area contributed by atoms with Gasteiger partial charge < -0.3 is 19.1 Å². The van der Waals surface area contributed by atoms with Gasteiger partial charge in [0.15, 0.2) is 23.1 Å². The van der Waals surface area contributed by atoms with Crippen LogP contribution in [0.2, 0.25) is 0 Å². The van der Waals surface area contributed by atoms with Crippen LogP contribution in [0, 0.1) is 11.6 Å². The highest BCUT2D eigenvalue weighted by Crippen LogP contribution is 2.17. The Bertz CT molecular complexity index is 775. The van der Waals surface area contributed by atoms with Crippen LogP contribution in [0.15, 0.2) is 28.8 Å². The molecule has 2 aromatic rings. The number of halogens is 2. The van der Waals surface area contributed by atoms with Crippen molar-refractivity contribution in [2.45, 2.75) is 25.9 Å². The summed E-state index contributed by atoms with van der Waals surface area (Å²) < 4.78 is 36.5. The van der Waals surface area contributed by atoms with Crippen molar-refractivity contribution in [1.82, 2.24) is 15.0 Å². The number of aromatic nitrogens is 1. The van der Waals surface area contributed by atoms with Crippen LogP contribution in [-0.4, -0.2) is 54.1 Å². The minimum absolute atomic E-state index is 0.0388. The molecule has 0 aliphatic carbocycles. The summed E-state index contributed by atoms with van der Waals surface area (Å²) in [5.41, 5.74) is 0.194. The number of hydrogen-bond donors (Lipinski definition) is 0. The van der Waals surface area contributed by atoms with E-state index in [0.29, 0.717) is 12.3 Å². The van der Waals surface area contributed by atoms with E-state index in [9.17, 15) is 13.6 Å². The van der Waals surface area contributed by atoms with E-state index < -0.39 is 11.6 Å². The number of likely N-dealkylation sites (N-methyl/N-ethyl adjacent to an activating group) is 1. The van der Waals surface area contributed by atoms with Gasteiger partial charge in [-0.1, -0.05) is 11.6 Å². The molecule has 146 valence electrons. The fourth-order valence-corrected chi connectivity index (χ4v) is 2.97. The molecule has 3 rings (SSSR count). The summed E-state index contributed by atoms with van der Waals surface area (Å²) in [6.45, 7) is 3.58. The van der Waals surface area contributed by atoms with E-state index in [1.807, 2.05) is 0 Å². The van der Waals surface area contributed by atoms with Crippen molar-refractivity contribution in [2.24, 2.45) is 0 Å². The molecule has 1 aliphatic rings. The molecule has 0 saturated carbocycles. The lowest BCUT2D eigenvalue weighted by molar-refractivity contribution is 0.0762. The number of carbonyl (C=O) groups is 1. The smallest absolute Gasteiger partial charge is 0.275 e. The van der Waals surface area contributed by atoms with Gasteiger partial charge in [0.25, 0.3) is 5.91 Å². The highest BCUT2D eigenvalue weighted by atomic mass is 19.2. The third-order valence-electron chi connectivity index (χ3n) is 4.60. The first-order valence-corrected chi connectivity index (χ1v) is 9.04. The predicted octanol–water partition coefficient (Wildman–Crippen LogP) is 3.09. The van der Waals surface area contributed by atoms with Crippen molar-refractivity contribution < 1.29 is 22.8 Å². The Hall–Kier alpha value is -2.48. The predicted molar refractivity (Wildman–Crippen MR) is 94.4 cm³/mol. The van der Waals surface area contributed by atoms with Gasteiger partial charge >= 0.3 is 0 Å². The molecule has 27 heavy (non-hydrogen) atoms. The minimum Gasteiger partial charge on any atom is -0.485 e. The van der Waals surface area contributed by atoms with Crippen molar-refractivity contribution >= 4 is 5.91 Å². The van der Waals surface area contributed by atoms with Gasteiger partial charge in [-0.25, -0.2) is 8.78 Å². The quantitative estimate of drug-likeness (QED) is 0.740. The molecule has 0 N–H and O–H groups in total. The van der Waals surface area contributed by atoms with Crippen LogP contribution in [0.4, 0.5) is 8.78 Å². The number of carbonyl (C=O) groups excluding carboxylic acids is 1. The van der Waals surface area contributed by atoms with E-state index in [1.54, 1.807) is 11.9 Å². The molecule has 1 fully saturated rings. The van der Waals surface area contributed by atoms with Crippen LogP contribution in [0.25, 0.3) is 0 Å². The average molecular weight is 379 g/mol. The molecule has 1 saturated heterocycles. The van der Waals surface area contributed by atoms with Crippen molar-refractivity contribution in [3.05, 3.63) is 47.4 Å². The van der Waals surface area contributed by atoms with Gasteiger partial charge in [0.1, 0.15) is 12.4 Å². The van der Waals surface area contributed by atoms with Crippen LogP contribution >= 0.6 is 0 Å². The summed E-state index contributed by atoms with van der Waals surface area (Å²) in [5, 5.41) is 3.78. The van der Waals surface area contributed by atoms with Crippen molar-refractivity contribution in [3.8, 4) is 5.75 Å². The molecule has 8 heteroatoms. The van der Waals surface area contributed by atoms with E-state index in [2.05, 4.69) is 10.1 Å². The highest BCUT2D eigenvalue weighted by molar-refractivity contribution is 5.92. The molecule has 0 bridgehead atoms. The monoisotopic (exact) mass is 379 g/mol. The largest absolute Gasteiger partial charge is 0.485 e. The van der Waals surface area contributed by atoms with Crippen LogP contribution in [0.1, 0.15) is 35.5 Å². The first kappa shape index (κ1) is 19.3. The summed E-state index contributed by atoms with van der Waals surface area (Å²) in [4.78, 5) is 16.4. The lowest BCUT2D eigenvalue weighted by Gasteiger charge is -2.28. The highest BCUT2D eigenvalue weighted by Gasteiger charge is 2.18. The zero-order chi connectivity index (χ0) is 19.2. The van der Waals surface area contributed by atoms with E-state index in [0.717, 1.165) is 31.8 Å². The summed E-state index contributed by atoms with van der Waals surface area (Å²) in [5.74, 6) is -1.67. The number of benzene rings is 1. The number of hydrogen-bond acceptors (Lipinski definition) is 5. The second-order valence-corrected chi connectivity index (χ2v) is 6.67. The molecule has 6 nitrogen and oxygen atoms in total. The van der Waals surface area contributed by atoms with E-state index in [4.69, 9.17) is 9.26 Å². The number of rotatable bonds is 7. The van der Waals surface area contributed by atoms with Crippen LogP contribution in [0.5, 0.6) is 5.75 Å². The SMILES string of the molecule is CN(CCN1CCCCC1)C(=O)c1cc(COc2ccc(F)c(F)c2)on1. The van der Waals surface area contributed by atoms with Gasteiger partial charge in [0, 0.05) is 32.3 Å². The Morgan fingerprint density at radius 1 is 1.22 bits per heavy atom. The fraction of sp³-hybridized carbons (Fsp3) is 0.474. The van der Waals surface area contributed by atoms with Gasteiger partial charge in [-0.05, 0) is 38.1 Å². The summed E-state index contributed by atoms with van der Waals surface area (Å²) in [6, 6.07) is 4.75. The first-order valence-electron chi connectivity index (χ1n) is 9.04. The van der Waals surface area contributed by atoms with E-state index >= 15 is 0 Å². The molecule has 1 aromatic carbocycles. The third-order valence-corrected chi connectivity index (χ3v) is 4.60.